The third-order valence-corrected chi connectivity index (χ3v) is 5.95. The van der Waals surface area contributed by atoms with Gasteiger partial charge in [-0.05, 0) is 59.7 Å². The first-order valence-corrected chi connectivity index (χ1v) is 11.3. The molecule has 1 nitrogen and oxygen atoms in total. The van der Waals surface area contributed by atoms with E-state index >= 15 is 0 Å². The number of halogens is 5. The van der Waals surface area contributed by atoms with Crippen molar-refractivity contribution in [3.05, 3.63) is 109 Å². The summed E-state index contributed by atoms with van der Waals surface area (Å²) in [5, 5.41) is 0. The summed E-state index contributed by atoms with van der Waals surface area (Å²) >= 11 is 0. The summed E-state index contributed by atoms with van der Waals surface area (Å²) in [4.78, 5) is 0.153. The second kappa shape index (κ2) is 6.85. The summed E-state index contributed by atoms with van der Waals surface area (Å²) in [6.07, 6.45) is 0. The molecule has 4 aromatic rings. The molecule has 7 heteroatoms. The van der Waals surface area contributed by atoms with Crippen LogP contribution in [0, 0.1) is 0 Å². The van der Waals surface area contributed by atoms with E-state index in [1.165, 1.54) is 0 Å². The number of rotatable bonds is 5. The maximum atomic E-state index is 12.9. The van der Waals surface area contributed by atoms with Gasteiger partial charge in [-0.1, -0.05) is 80.1 Å². The molecule has 4 aromatic carbocycles. The van der Waals surface area contributed by atoms with Crippen molar-refractivity contribution in [1.29, 1.82) is 0 Å². The van der Waals surface area contributed by atoms with E-state index in [-0.39, 0.29) is 0 Å². The first kappa shape index (κ1) is 20.9. The molecular weight excluding hydrogens is 429 g/mol. The van der Waals surface area contributed by atoms with Crippen molar-refractivity contribution >= 4 is 27.3 Å². The molecule has 0 aromatic heterocycles. The summed E-state index contributed by atoms with van der Waals surface area (Å²) in [7, 11) is -9.67. The molecule has 0 saturated carbocycles. The van der Waals surface area contributed by atoms with E-state index in [1.54, 1.807) is 12.1 Å². The van der Waals surface area contributed by atoms with E-state index in [0.29, 0.717) is 23.3 Å². The van der Waals surface area contributed by atoms with Crippen LogP contribution in [-0.2, 0) is 0 Å². The van der Waals surface area contributed by atoms with Crippen LogP contribution in [0.15, 0.2) is 114 Å². The number of benzene rings is 4. The monoisotopic (exact) mass is 447 g/mol. The lowest BCUT2D eigenvalue weighted by atomic mass is 10.0. The molecular formula is C24H18F5NS. The first-order valence-electron chi connectivity index (χ1n) is 9.36. The maximum absolute atomic E-state index is 12.9. The van der Waals surface area contributed by atoms with Gasteiger partial charge in [-0.15, -0.1) is 0 Å². The Bertz CT molecular complexity index is 1140. The zero-order valence-corrected chi connectivity index (χ0v) is 17.0. The van der Waals surface area contributed by atoms with Crippen molar-refractivity contribution in [2.75, 3.05) is 4.90 Å². The molecule has 4 rings (SSSR count). The van der Waals surface area contributed by atoms with Crippen molar-refractivity contribution in [1.82, 2.24) is 0 Å². The number of hydrogen-bond donors (Lipinski definition) is 0. The van der Waals surface area contributed by atoms with Gasteiger partial charge in [0.05, 0.1) is 0 Å². The Kier molecular flexibility index (Phi) is 4.63. The normalized spacial score (nSPS) is 13.8. The van der Waals surface area contributed by atoms with Gasteiger partial charge in [0.25, 0.3) is 0 Å². The molecule has 0 amide bonds. The second-order valence-electron chi connectivity index (χ2n) is 7.05. The molecule has 0 aliphatic carbocycles. The quantitative estimate of drug-likeness (QED) is 0.275. The average molecular weight is 447 g/mol. The van der Waals surface area contributed by atoms with Crippen LogP contribution in [0.2, 0.25) is 0 Å². The lowest BCUT2D eigenvalue weighted by Gasteiger charge is -2.40. The van der Waals surface area contributed by atoms with Gasteiger partial charge in [-0.2, -0.15) is 0 Å². The molecule has 31 heavy (non-hydrogen) atoms. The van der Waals surface area contributed by atoms with Gasteiger partial charge in [0.1, 0.15) is 4.90 Å². The Morgan fingerprint density at radius 2 is 0.774 bits per heavy atom. The molecule has 0 aliphatic rings. The highest BCUT2D eigenvalue weighted by Crippen LogP contribution is 3.02. The molecule has 0 unspecified atom stereocenters. The minimum absolute atomic E-state index is 0.420. The average Bonchev–Trinajstić information content (AvgIpc) is 2.75. The molecule has 0 fully saturated rings. The van der Waals surface area contributed by atoms with Crippen LogP contribution in [0.5, 0.6) is 0 Å². The number of para-hydroxylation sites is 2. The van der Waals surface area contributed by atoms with Crippen molar-refractivity contribution < 1.29 is 19.4 Å². The van der Waals surface area contributed by atoms with Crippen molar-refractivity contribution in [2.45, 2.75) is 4.90 Å². The minimum Gasteiger partial charge on any atom is -0.311 e. The molecule has 0 aliphatic heterocycles. The van der Waals surface area contributed by atoms with E-state index in [4.69, 9.17) is 0 Å². The van der Waals surface area contributed by atoms with Crippen LogP contribution in [0.3, 0.4) is 0 Å². The summed E-state index contributed by atoms with van der Waals surface area (Å²) in [5.41, 5.74) is 3.79. The molecule has 0 atom stereocenters. The Balaban J connectivity index is 1.68. The Morgan fingerprint density at radius 1 is 0.419 bits per heavy atom. The summed E-state index contributed by atoms with van der Waals surface area (Å²) < 4.78 is 64.7. The van der Waals surface area contributed by atoms with Crippen LogP contribution >= 0.6 is 10.2 Å². The van der Waals surface area contributed by atoms with Crippen molar-refractivity contribution in [2.24, 2.45) is 0 Å². The van der Waals surface area contributed by atoms with Gasteiger partial charge in [0.15, 0.2) is 0 Å². The van der Waals surface area contributed by atoms with E-state index in [2.05, 4.69) is 0 Å². The zero-order valence-electron chi connectivity index (χ0n) is 16.1. The molecule has 0 saturated heterocycles. The Morgan fingerprint density at radius 3 is 1.16 bits per heavy atom. The van der Waals surface area contributed by atoms with Gasteiger partial charge < -0.3 is 4.90 Å². The lowest BCUT2D eigenvalue weighted by Crippen LogP contribution is -2.09. The highest BCUT2D eigenvalue weighted by Gasteiger charge is 2.65. The second-order valence-corrected chi connectivity index (χ2v) is 9.46. The topological polar surface area (TPSA) is 3.24 Å². The standard InChI is InChI=1S/C24H18F5NS/c25-31(26,27,28,29)24-17-13-20(14-18-24)19-11-15-23(16-12-19)30(21-7-3-1-4-8-21)22-9-5-2-6-10-22/h1-18H. The van der Waals surface area contributed by atoms with Crippen LogP contribution in [-0.4, -0.2) is 0 Å². The first-order chi connectivity index (χ1) is 14.5. The SMILES string of the molecule is FS(F)(F)(F)(F)c1ccc(-c2ccc(N(c3ccccc3)c3ccccc3)cc2)cc1. The summed E-state index contributed by atoms with van der Waals surface area (Å²) in [5.74, 6) is 0. The fourth-order valence-electron chi connectivity index (χ4n) is 3.31. The van der Waals surface area contributed by atoms with Crippen LogP contribution in [0.25, 0.3) is 11.1 Å². The summed E-state index contributed by atoms with van der Waals surface area (Å²) in [6.45, 7) is 0. The number of anilines is 3. The van der Waals surface area contributed by atoms with Crippen LogP contribution in [0.1, 0.15) is 0 Å². The molecule has 0 bridgehead atoms. The number of hydrogen-bond acceptors (Lipinski definition) is 1. The van der Waals surface area contributed by atoms with E-state index < -0.39 is 15.1 Å². The lowest BCUT2D eigenvalue weighted by molar-refractivity contribution is 0.364. The smallest absolute Gasteiger partial charge is 0.310 e. The minimum atomic E-state index is -9.67. The Labute approximate surface area is 177 Å². The molecule has 0 N–H and O–H groups in total. The fourth-order valence-corrected chi connectivity index (χ4v) is 3.96. The predicted molar refractivity (Wildman–Crippen MR) is 118 cm³/mol. The Hall–Kier alpha value is -3.32. The zero-order chi connectivity index (χ0) is 22.2. The molecule has 0 spiro atoms. The van der Waals surface area contributed by atoms with E-state index in [9.17, 15) is 19.4 Å². The van der Waals surface area contributed by atoms with Gasteiger partial charge in [-0.3, -0.25) is 0 Å². The fraction of sp³-hybridized carbons (Fsp3) is 0. The highest BCUT2D eigenvalue weighted by atomic mass is 32.5. The maximum Gasteiger partial charge on any atom is 0.310 e. The largest absolute Gasteiger partial charge is 0.311 e. The third-order valence-electron chi connectivity index (χ3n) is 4.79. The van der Waals surface area contributed by atoms with Gasteiger partial charge in [-0.25, -0.2) is 0 Å². The van der Waals surface area contributed by atoms with E-state index in [0.717, 1.165) is 29.2 Å². The molecule has 0 heterocycles. The summed E-state index contributed by atoms with van der Waals surface area (Å²) in [6, 6.07) is 29.6. The van der Waals surface area contributed by atoms with Crippen LogP contribution in [0.4, 0.5) is 36.5 Å². The van der Waals surface area contributed by atoms with Gasteiger partial charge >= 0.3 is 10.2 Å². The molecule has 160 valence electrons. The molecule has 0 radical (unpaired) electrons. The third kappa shape index (κ3) is 4.72. The van der Waals surface area contributed by atoms with Crippen molar-refractivity contribution in [3.63, 3.8) is 0 Å². The van der Waals surface area contributed by atoms with Gasteiger partial charge in [0, 0.05) is 17.1 Å². The van der Waals surface area contributed by atoms with Gasteiger partial charge in [0.2, 0.25) is 0 Å². The van der Waals surface area contributed by atoms with Crippen LogP contribution < -0.4 is 4.90 Å². The van der Waals surface area contributed by atoms with E-state index in [1.807, 2.05) is 77.7 Å². The predicted octanol–water partition coefficient (Wildman–Crippen LogP) is 9.48. The number of nitrogens with zero attached hydrogens (tertiary/aromatic N) is 1. The highest BCUT2D eigenvalue weighted by molar-refractivity contribution is 8.45. The van der Waals surface area contributed by atoms with Crippen molar-refractivity contribution in [3.8, 4) is 11.1 Å².